The van der Waals surface area contributed by atoms with Crippen molar-refractivity contribution in [2.24, 2.45) is 5.73 Å². The fraction of sp³-hybridized carbons (Fsp3) is 0.0476. The van der Waals surface area contributed by atoms with Crippen LogP contribution in [0.5, 0.6) is 5.75 Å². The average Bonchev–Trinajstić information content (AvgIpc) is 3.16. The molecule has 0 spiro atoms. The van der Waals surface area contributed by atoms with Gasteiger partial charge < -0.3 is 14.9 Å². The number of primary amides is 1. The number of hydrogen-bond acceptors (Lipinski definition) is 3. The Bertz CT molecular complexity index is 1100. The second-order valence-corrected chi connectivity index (χ2v) is 6.00. The van der Waals surface area contributed by atoms with Crippen molar-refractivity contribution in [3.63, 3.8) is 0 Å². The molecule has 0 saturated carbocycles. The summed E-state index contributed by atoms with van der Waals surface area (Å²) in [4.78, 5) is 15.8. The third-order valence-corrected chi connectivity index (χ3v) is 4.40. The Balaban J connectivity index is 1.89. The van der Waals surface area contributed by atoms with Gasteiger partial charge in [-0.05, 0) is 47.0 Å². The van der Waals surface area contributed by atoms with Crippen molar-refractivity contribution in [2.45, 2.75) is 0 Å². The molecule has 0 saturated heterocycles. The molecule has 5 nitrogen and oxygen atoms in total. The maximum Gasteiger partial charge on any atom is 0.248 e. The third kappa shape index (κ3) is 2.80. The highest BCUT2D eigenvalue weighted by Gasteiger charge is 2.10. The Hall–Kier alpha value is -3.60. The number of hydrogen-bond donors (Lipinski definition) is 1. The average molecular weight is 343 g/mol. The number of fused-ring (bicyclic) bond motifs is 1. The molecule has 0 aliphatic rings. The van der Waals surface area contributed by atoms with Gasteiger partial charge in [-0.25, -0.2) is 4.98 Å². The van der Waals surface area contributed by atoms with E-state index in [1.54, 1.807) is 25.6 Å². The van der Waals surface area contributed by atoms with Gasteiger partial charge in [-0.1, -0.05) is 24.3 Å². The maximum absolute atomic E-state index is 11.5. The van der Waals surface area contributed by atoms with E-state index in [-0.39, 0.29) is 0 Å². The number of benzene rings is 2. The normalized spacial score (nSPS) is 10.8. The highest BCUT2D eigenvalue weighted by atomic mass is 16.5. The van der Waals surface area contributed by atoms with Crippen molar-refractivity contribution >= 4 is 11.4 Å². The van der Waals surface area contributed by atoms with Gasteiger partial charge in [-0.2, -0.15) is 0 Å². The number of imidazole rings is 1. The van der Waals surface area contributed by atoms with Gasteiger partial charge in [0, 0.05) is 17.3 Å². The van der Waals surface area contributed by atoms with Crippen LogP contribution in [-0.4, -0.2) is 22.4 Å². The summed E-state index contributed by atoms with van der Waals surface area (Å²) in [5, 5.41) is 0. The predicted molar refractivity (Wildman–Crippen MR) is 101 cm³/mol. The molecule has 26 heavy (non-hydrogen) atoms. The number of rotatable bonds is 4. The topological polar surface area (TPSA) is 69.6 Å². The molecular formula is C21H17N3O2. The van der Waals surface area contributed by atoms with Gasteiger partial charge in [0.25, 0.3) is 0 Å². The van der Waals surface area contributed by atoms with Crippen molar-refractivity contribution < 1.29 is 9.53 Å². The Morgan fingerprint density at radius 1 is 1.04 bits per heavy atom. The minimum absolute atomic E-state index is 0.439. The van der Waals surface area contributed by atoms with Crippen LogP contribution in [0.25, 0.3) is 27.8 Å². The van der Waals surface area contributed by atoms with E-state index in [0.29, 0.717) is 5.56 Å². The Morgan fingerprint density at radius 3 is 2.58 bits per heavy atom. The van der Waals surface area contributed by atoms with E-state index in [1.165, 1.54) is 0 Å². The number of carbonyl (C=O) groups is 1. The number of aromatic nitrogens is 2. The first-order valence-corrected chi connectivity index (χ1v) is 8.16. The zero-order valence-electron chi connectivity index (χ0n) is 14.2. The lowest BCUT2D eigenvalue weighted by Gasteiger charge is -2.11. The van der Waals surface area contributed by atoms with Crippen LogP contribution in [0.2, 0.25) is 0 Å². The highest BCUT2D eigenvalue weighted by Crippen LogP contribution is 2.31. The van der Waals surface area contributed by atoms with E-state index in [4.69, 9.17) is 10.5 Å². The molecule has 1 amide bonds. The first-order valence-electron chi connectivity index (χ1n) is 8.16. The standard InChI is InChI=1S/C21H17N3O2/c1-26-18-7-5-14(6-8-18)19-10-17(12-24-13-23-11-20(19)24)15-3-2-4-16(9-15)21(22)25/h2-13H,1H3,(H2,22,25). The molecule has 0 bridgehead atoms. The first kappa shape index (κ1) is 15.9. The van der Waals surface area contributed by atoms with Crippen molar-refractivity contribution in [1.29, 1.82) is 0 Å². The monoisotopic (exact) mass is 343 g/mol. The van der Waals surface area contributed by atoms with Gasteiger partial charge in [0.2, 0.25) is 5.91 Å². The van der Waals surface area contributed by atoms with Crippen LogP contribution in [0.1, 0.15) is 10.4 Å². The molecular weight excluding hydrogens is 326 g/mol. The molecule has 2 aromatic carbocycles. The van der Waals surface area contributed by atoms with E-state index in [1.807, 2.05) is 53.2 Å². The molecule has 0 atom stereocenters. The molecule has 4 rings (SSSR count). The number of methoxy groups -OCH3 is 1. The summed E-state index contributed by atoms with van der Waals surface area (Å²) in [5.74, 6) is 0.370. The summed E-state index contributed by atoms with van der Waals surface area (Å²) in [6.07, 6.45) is 5.60. The molecule has 0 radical (unpaired) electrons. The number of nitrogens with two attached hydrogens (primary N) is 1. The van der Waals surface area contributed by atoms with Gasteiger partial charge >= 0.3 is 0 Å². The van der Waals surface area contributed by atoms with Crippen molar-refractivity contribution in [2.75, 3.05) is 7.11 Å². The van der Waals surface area contributed by atoms with Crippen LogP contribution >= 0.6 is 0 Å². The summed E-state index contributed by atoms with van der Waals surface area (Å²) in [6.45, 7) is 0. The fourth-order valence-corrected chi connectivity index (χ4v) is 3.04. The van der Waals surface area contributed by atoms with E-state index < -0.39 is 5.91 Å². The van der Waals surface area contributed by atoms with E-state index in [9.17, 15) is 4.79 Å². The summed E-state index contributed by atoms with van der Waals surface area (Å²) in [7, 11) is 1.65. The lowest BCUT2D eigenvalue weighted by molar-refractivity contribution is 0.100. The molecule has 0 unspecified atom stereocenters. The summed E-state index contributed by atoms with van der Waals surface area (Å²) in [5.41, 5.74) is 10.9. The van der Waals surface area contributed by atoms with Gasteiger partial charge in [0.05, 0.1) is 25.2 Å². The van der Waals surface area contributed by atoms with Crippen LogP contribution in [0.4, 0.5) is 0 Å². The second kappa shape index (κ2) is 6.37. The van der Waals surface area contributed by atoms with E-state index in [2.05, 4.69) is 11.1 Å². The molecule has 0 aliphatic carbocycles. The SMILES string of the molecule is COc1ccc(-c2cc(-c3cccc(C(N)=O)c3)cn3cncc23)cc1. The Kier molecular flexibility index (Phi) is 3.89. The van der Waals surface area contributed by atoms with Gasteiger partial charge in [-0.15, -0.1) is 0 Å². The van der Waals surface area contributed by atoms with Gasteiger partial charge in [-0.3, -0.25) is 4.79 Å². The van der Waals surface area contributed by atoms with Crippen LogP contribution in [0.15, 0.2) is 73.3 Å². The number of pyridine rings is 1. The maximum atomic E-state index is 11.5. The first-order chi connectivity index (χ1) is 12.7. The fourth-order valence-electron chi connectivity index (χ4n) is 3.04. The van der Waals surface area contributed by atoms with Crippen LogP contribution in [-0.2, 0) is 0 Å². The number of nitrogens with zero attached hydrogens (tertiary/aromatic N) is 2. The van der Waals surface area contributed by atoms with Crippen molar-refractivity contribution in [3.05, 3.63) is 78.9 Å². The minimum Gasteiger partial charge on any atom is -0.497 e. The second-order valence-electron chi connectivity index (χ2n) is 6.00. The Labute approximate surface area is 150 Å². The summed E-state index contributed by atoms with van der Waals surface area (Å²) in [6, 6.07) is 17.3. The van der Waals surface area contributed by atoms with Gasteiger partial charge in [0.15, 0.2) is 0 Å². The summed E-state index contributed by atoms with van der Waals surface area (Å²) >= 11 is 0. The van der Waals surface area contributed by atoms with Crippen molar-refractivity contribution in [1.82, 2.24) is 9.38 Å². The number of amides is 1. The van der Waals surface area contributed by atoms with Crippen molar-refractivity contribution in [3.8, 4) is 28.0 Å². The van der Waals surface area contributed by atoms with E-state index >= 15 is 0 Å². The molecule has 0 aliphatic heterocycles. The Morgan fingerprint density at radius 2 is 1.85 bits per heavy atom. The zero-order valence-corrected chi connectivity index (χ0v) is 14.2. The molecule has 0 fully saturated rings. The van der Waals surface area contributed by atoms with E-state index in [0.717, 1.165) is 33.5 Å². The molecule has 4 aromatic rings. The minimum atomic E-state index is -0.439. The number of carbonyl (C=O) groups excluding carboxylic acids is 1. The molecule has 5 heteroatoms. The predicted octanol–water partition coefficient (Wildman–Crippen LogP) is 3.78. The smallest absolute Gasteiger partial charge is 0.248 e. The molecule has 2 aromatic heterocycles. The zero-order chi connectivity index (χ0) is 18.1. The lowest BCUT2D eigenvalue weighted by Crippen LogP contribution is -2.10. The highest BCUT2D eigenvalue weighted by molar-refractivity contribution is 5.94. The van der Waals surface area contributed by atoms with Gasteiger partial charge in [0.1, 0.15) is 5.75 Å². The quantitative estimate of drug-likeness (QED) is 0.613. The third-order valence-electron chi connectivity index (χ3n) is 4.40. The van der Waals surface area contributed by atoms with Crippen LogP contribution in [0.3, 0.4) is 0 Å². The van der Waals surface area contributed by atoms with Crippen LogP contribution < -0.4 is 10.5 Å². The summed E-state index contributed by atoms with van der Waals surface area (Å²) < 4.78 is 7.22. The molecule has 2 heterocycles. The number of ether oxygens (including phenoxy) is 1. The lowest BCUT2D eigenvalue weighted by atomic mass is 9.99. The van der Waals surface area contributed by atoms with Crippen LogP contribution in [0, 0.1) is 0 Å². The molecule has 2 N–H and O–H groups in total. The molecule has 128 valence electrons. The largest absolute Gasteiger partial charge is 0.497 e.